The molecule has 0 aliphatic heterocycles. The molecule has 5 nitrogen and oxygen atoms in total. The van der Waals surface area contributed by atoms with Gasteiger partial charge in [0.05, 0.1) is 6.26 Å². The monoisotopic (exact) mass is 168 g/mol. The summed E-state index contributed by atoms with van der Waals surface area (Å²) in [5.74, 6) is 0. The first kappa shape index (κ1) is 8.32. The molecule has 2 N–H and O–H groups in total. The molecule has 0 aliphatic carbocycles. The van der Waals surface area contributed by atoms with Crippen molar-refractivity contribution < 1.29 is 5.11 Å². The Morgan fingerprint density at radius 3 is 2.83 bits per heavy atom. The highest BCUT2D eigenvalue weighted by molar-refractivity contribution is 5.19. The van der Waals surface area contributed by atoms with E-state index < -0.39 is 11.2 Å². The molecule has 0 bridgehead atoms. The van der Waals surface area contributed by atoms with E-state index in [1.54, 1.807) is 6.92 Å². The van der Waals surface area contributed by atoms with Crippen LogP contribution >= 0.6 is 0 Å². The Kier molecular flexibility index (Phi) is 2.14. The molecule has 1 aromatic heterocycles. The van der Waals surface area contributed by atoms with Crippen LogP contribution in [0.15, 0.2) is 22.0 Å². The van der Waals surface area contributed by atoms with Crippen molar-refractivity contribution in [1.29, 1.82) is 0 Å². The van der Waals surface area contributed by atoms with E-state index in [4.69, 9.17) is 5.11 Å². The fraction of sp³-hybridized carbons (Fsp3) is 0.143. The Bertz CT molecular complexity index is 413. The molecule has 1 aromatic rings. The number of aliphatic hydroxyl groups is 1. The van der Waals surface area contributed by atoms with Gasteiger partial charge in [-0.3, -0.25) is 14.3 Å². The highest BCUT2D eigenvalue weighted by Crippen LogP contribution is 1.83. The molecule has 1 rings (SSSR count). The van der Waals surface area contributed by atoms with Crippen molar-refractivity contribution in [3.63, 3.8) is 0 Å². The van der Waals surface area contributed by atoms with Crippen LogP contribution in [0.5, 0.6) is 0 Å². The van der Waals surface area contributed by atoms with Crippen LogP contribution in [-0.2, 0) is 0 Å². The van der Waals surface area contributed by atoms with E-state index in [1.165, 1.54) is 6.20 Å². The number of rotatable bonds is 1. The van der Waals surface area contributed by atoms with E-state index in [0.717, 1.165) is 17.0 Å². The minimum atomic E-state index is -0.573. The summed E-state index contributed by atoms with van der Waals surface area (Å²) in [6.45, 7) is 1.57. The Morgan fingerprint density at radius 2 is 2.25 bits per heavy atom. The van der Waals surface area contributed by atoms with Gasteiger partial charge in [-0.15, -0.1) is 0 Å². The quantitative estimate of drug-likeness (QED) is 0.572. The predicted molar refractivity (Wildman–Crippen MR) is 44.0 cm³/mol. The number of aromatic nitrogens is 2. The molecule has 12 heavy (non-hydrogen) atoms. The highest BCUT2D eigenvalue weighted by Gasteiger charge is 1.96. The predicted octanol–water partition coefficient (Wildman–Crippen LogP) is -0.169. The van der Waals surface area contributed by atoms with Crippen LogP contribution in [0.3, 0.4) is 0 Å². The minimum Gasteiger partial charge on any atom is -0.514 e. The van der Waals surface area contributed by atoms with Gasteiger partial charge in [0.1, 0.15) is 0 Å². The summed E-state index contributed by atoms with van der Waals surface area (Å²) in [7, 11) is 0. The Morgan fingerprint density at radius 1 is 1.58 bits per heavy atom. The maximum Gasteiger partial charge on any atom is 0.332 e. The second kappa shape index (κ2) is 3.08. The fourth-order valence-corrected chi connectivity index (χ4v) is 0.769. The van der Waals surface area contributed by atoms with Crippen LogP contribution in [0.4, 0.5) is 0 Å². The van der Waals surface area contributed by atoms with Crippen molar-refractivity contribution in [2.24, 2.45) is 0 Å². The Hall–Kier alpha value is -1.78. The van der Waals surface area contributed by atoms with Gasteiger partial charge in [-0.05, 0) is 6.92 Å². The van der Waals surface area contributed by atoms with Crippen LogP contribution < -0.4 is 11.2 Å². The van der Waals surface area contributed by atoms with E-state index >= 15 is 0 Å². The molecular weight excluding hydrogens is 160 g/mol. The molecule has 0 aliphatic rings. The first-order valence-corrected chi connectivity index (χ1v) is 3.28. The molecule has 0 amide bonds. The molecule has 0 aromatic carbocycles. The van der Waals surface area contributed by atoms with E-state index in [2.05, 4.69) is 4.98 Å². The molecule has 0 spiro atoms. The normalized spacial score (nSPS) is 10.8. The van der Waals surface area contributed by atoms with Gasteiger partial charge in [0.15, 0.2) is 0 Å². The standard InChI is InChI=1S/C7H8N2O3/c1-5-4-9(2-3-10)7(12)8-6(5)11/h2-4,10H,1H3,(H,8,11,12)/b3-2-. The van der Waals surface area contributed by atoms with Gasteiger partial charge >= 0.3 is 5.69 Å². The summed E-state index contributed by atoms with van der Waals surface area (Å²) < 4.78 is 1.08. The zero-order valence-corrected chi connectivity index (χ0v) is 6.44. The third-order valence-electron chi connectivity index (χ3n) is 1.37. The minimum absolute atomic E-state index is 0.410. The number of hydrogen-bond acceptors (Lipinski definition) is 3. The molecule has 0 atom stereocenters. The summed E-state index contributed by atoms with van der Waals surface area (Å²) in [5.41, 5.74) is -0.578. The number of nitrogens with one attached hydrogen (secondary N) is 1. The molecule has 5 heteroatoms. The third-order valence-corrected chi connectivity index (χ3v) is 1.37. The number of nitrogens with zero attached hydrogens (tertiary/aromatic N) is 1. The second-order valence-electron chi connectivity index (χ2n) is 2.28. The van der Waals surface area contributed by atoms with Gasteiger partial charge in [0, 0.05) is 18.0 Å². The third kappa shape index (κ3) is 1.45. The average molecular weight is 168 g/mol. The van der Waals surface area contributed by atoms with Gasteiger partial charge in [0.2, 0.25) is 0 Å². The molecular formula is C7H8N2O3. The molecule has 64 valence electrons. The molecule has 1 heterocycles. The van der Waals surface area contributed by atoms with E-state index in [-0.39, 0.29) is 0 Å². The number of aromatic amines is 1. The van der Waals surface area contributed by atoms with Gasteiger partial charge < -0.3 is 5.11 Å². The van der Waals surface area contributed by atoms with Crippen molar-refractivity contribution in [3.05, 3.63) is 38.9 Å². The van der Waals surface area contributed by atoms with Gasteiger partial charge in [-0.1, -0.05) is 0 Å². The van der Waals surface area contributed by atoms with Gasteiger partial charge in [-0.2, -0.15) is 0 Å². The lowest BCUT2D eigenvalue weighted by molar-refractivity contribution is 0.475. The smallest absolute Gasteiger partial charge is 0.332 e. The van der Waals surface area contributed by atoms with Crippen LogP contribution in [-0.4, -0.2) is 14.7 Å². The number of aliphatic hydroxyl groups excluding tert-OH is 1. The van der Waals surface area contributed by atoms with Gasteiger partial charge in [0.25, 0.3) is 5.56 Å². The number of hydrogen-bond donors (Lipinski definition) is 2. The number of H-pyrrole nitrogens is 1. The van der Waals surface area contributed by atoms with Crippen molar-refractivity contribution >= 4 is 6.20 Å². The summed E-state index contributed by atoms with van der Waals surface area (Å²) in [4.78, 5) is 23.8. The lowest BCUT2D eigenvalue weighted by Gasteiger charge is -1.96. The maximum atomic E-state index is 10.9. The first-order valence-electron chi connectivity index (χ1n) is 3.28. The molecule has 0 fully saturated rings. The van der Waals surface area contributed by atoms with Crippen LogP contribution in [0.1, 0.15) is 5.56 Å². The van der Waals surface area contributed by atoms with Crippen LogP contribution in [0.25, 0.3) is 6.20 Å². The van der Waals surface area contributed by atoms with Crippen molar-refractivity contribution in [1.82, 2.24) is 9.55 Å². The zero-order valence-electron chi connectivity index (χ0n) is 6.44. The molecule has 0 saturated carbocycles. The molecule has 0 saturated heterocycles. The first-order chi connectivity index (χ1) is 5.65. The second-order valence-corrected chi connectivity index (χ2v) is 2.28. The van der Waals surface area contributed by atoms with Gasteiger partial charge in [-0.25, -0.2) is 4.79 Å². The van der Waals surface area contributed by atoms with E-state index in [9.17, 15) is 9.59 Å². The lowest BCUT2D eigenvalue weighted by atomic mass is 10.4. The van der Waals surface area contributed by atoms with E-state index in [0.29, 0.717) is 5.56 Å². The largest absolute Gasteiger partial charge is 0.514 e. The summed E-state index contributed by atoms with van der Waals surface area (Å²) in [6, 6.07) is 0. The molecule has 0 unspecified atom stereocenters. The summed E-state index contributed by atoms with van der Waals surface area (Å²) >= 11 is 0. The highest BCUT2D eigenvalue weighted by atomic mass is 16.2. The van der Waals surface area contributed by atoms with Crippen molar-refractivity contribution in [3.8, 4) is 0 Å². The topological polar surface area (TPSA) is 75.1 Å². The lowest BCUT2D eigenvalue weighted by Crippen LogP contribution is -2.28. The van der Waals surface area contributed by atoms with Crippen LogP contribution in [0.2, 0.25) is 0 Å². The summed E-state index contributed by atoms with van der Waals surface area (Å²) in [6.07, 6.45) is 3.21. The van der Waals surface area contributed by atoms with Crippen molar-refractivity contribution in [2.45, 2.75) is 6.92 Å². The SMILES string of the molecule is Cc1cn(/C=C\O)c(=O)[nH]c1=O. The van der Waals surface area contributed by atoms with E-state index in [1.807, 2.05) is 0 Å². The van der Waals surface area contributed by atoms with Crippen LogP contribution in [0, 0.1) is 6.92 Å². The fourth-order valence-electron chi connectivity index (χ4n) is 0.769. The summed E-state index contributed by atoms with van der Waals surface area (Å²) in [5, 5.41) is 8.37. The maximum absolute atomic E-state index is 10.9. The average Bonchev–Trinajstić information content (AvgIpc) is 2.01. The zero-order chi connectivity index (χ0) is 9.14. The van der Waals surface area contributed by atoms with Crippen molar-refractivity contribution in [2.75, 3.05) is 0 Å². The molecule has 0 radical (unpaired) electrons. The number of aryl methyl sites for hydroxylation is 1. The Labute approximate surface area is 67.6 Å². The Balaban J connectivity index is 3.43.